The largest absolute Gasteiger partial charge is 0.495 e. The van der Waals surface area contributed by atoms with Gasteiger partial charge in [-0.3, -0.25) is 14.6 Å². The third kappa shape index (κ3) is 10.8. The van der Waals surface area contributed by atoms with Crippen LogP contribution in [0.4, 0.5) is 11.4 Å². The van der Waals surface area contributed by atoms with Crippen LogP contribution in [-0.4, -0.2) is 85.0 Å². The van der Waals surface area contributed by atoms with E-state index in [4.69, 9.17) is 42.1 Å². The normalized spacial score (nSPS) is 20.6. The van der Waals surface area contributed by atoms with Crippen molar-refractivity contribution in [2.45, 2.75) is 70.8 Å². The Kier molecular flexibility index (Phi) is 14.1. The Morgan fingerprint density at radius 3 is 2.36 bits per heavy atom. The summed E-state index contributed by atoms with van der Waals surface area (Å²) in [7, 11) is 1.51. The highest BCUT2D eigenvalue weighted by molar-refractivity contribution is 6.37. The highest BCUT2D eigenvalue weighted by Crippen LogP contribution is 2.61. The summed E-state index contributed by atoms with van der Waals surface area (Å²) >= 11 is 12.7. The number of anilines is 2. The average Bonchev–Trinajstić information content (AvgIpc) is 3.65. The number of hydrogen-bond donors (Lipinski definition) is 2. The maximum atomic E-state index is 13.0. The number of ketones is 1. The van der Waals surface area contributed by atoms with Crippen molar-refractivity contribution in [1.29, 1.82) is 5.26 Å². The third-order valence-electron chi connectivity index (χ3n) is 11.7. The van der Waals surface area contributed by atoms with Gasteiger partial charge in [0.15, 0.2) is 0 Å². The summed E-state index contributed by atoms with van der Waals surface area (Å²) in [6.45, 7) is 3.81. The Labute approximate surface area is 349 Å². The second kappa shape index (κ2) is 19.6. The summed E-state index contributed by atoms with van der Waals surface area (Å²) in [5, 5.41) is 26.0. The van der Waals surface area contributed by atoms with Crippen LogP contribution in [0.25, 0.3) is 10.9 Å². The van der Waals surface area contributed by atoms with Crippen LogP contribution in [0.15, 0.2) is 42.7 Å². The van der Waals surface area contributed by atoms with Crippen molar-refractivity contribution >= 4 is 57.2 Å². The minimum atomic E-state index is 0.0428. The van der Waals surface area contributed by atoms with Crippen molar-refractivity contribution in [3.63, 3.8) is 0 Å². The molecule has 8 rings (SSSR count). The van der Waals surface area contributed by atoms with Gasteiger partial charge in [-0.15, -0.1) is 5.10 Å². The summed E-state index contributed by atoms with van der Waals surface area (Å²) in [5.41, 5.74) is 3.78. The van der Waals surface area contributed by atoms with E-state index in [1.165, 1.54) is 51.8 Å². The van der Waals surface area contributed by atoms with Crippen LogP contribution in [0, 0.1) is 34.5 Å². The SMILES string of the molecule is COc1cc(Nc2c(C#N)cnc3ccc(CC(=O)CCc4cn(CCOCCOCCOCCNC(=O)CC56CC7CC(CC(C7)C5)C6)nn4)cc23)c(Cl)cc1Cl. The molecular weight excluding hydrogens is 781 g/mol. The Morgan fingerprint density at radius 1 is 0.948 bits per heavy atom. The quantitative estimate of drug-likeness (QED) is 0.0766. The van der Waals surface area contributed by atoms with Crippen molar-refractivity contribution in [1.82, 2.24) is 25.3 Å². The predicted molar refractivity (Wildman–Crippen MR) is 220 cm³/mol. The average molecular weight is 833 g/mol. The molecule has 4 bridgehead atoms. The zero-order valence-corrected chi connectivity index (χ0v) is 34.5. The fourth-order valence-corrected chi connectivity index (χ4v) is 10.0. The number of carbonyl (C=O) groups is 2. The van der Waals surface area contributed by atoms with Crippen molar-refractivity contribution in [2.24, 2.45) is 23.2 Å². The van der Waals surface area contributed by atoms with Gasteiger partial charge in [0.1, 0.15) is 17.6 Å². The zero-order chi connectivity index (χ0) is 40.5. The summed E-state index contributed by atoms with van der Waals surface area (Å²) in [6.07, 6.45) is 12.9. The maximum Gasteiger partial charge on any atom is 0.220 e. The van der Waals surface area contributed by atoms with Crippen LogP contribution in [0.3, 0.4) is 0 Å². The van der Waals surface area contributed by atoms with Crippen LogP contribution in [0.1, 0.15) is 68.2 Å². The Bertz CT molecular complexity index is 2090. The van der Waals surface area contributed by atoms with Gasteiger partial charge >= 0.3 is 0 Å². The summed E-state index contributed by atoms with van der Waals surface area (Å²) in [6, 6.07) is 11.0. The minimum absolute atomic E-state index is 0.0428. The molecule has 0 saturated heterocycles. The van der Waals surface area contributed by atoms with Gasteiger partial charge in [-0.05, 0) is 85.5 Å². The monoisotopic (exact) mass is 831 g/mol. The number of aryl methyl sites for hydroxylation is 1. The van der Waals surface area contributed by atoms with Gasteiger partial charge < -0.3 is 29.6 Å². The number of amides is 1. The molecule has 0 radical (unpaired) electrons. The molecule has 4 aromatic rings. The number of halogens is 2. The Balaban J connectivity index is 0.751. The van der Waals surface area contributed by atoms with Crippen LogP contribution in [0.5, 0.6) is 5.75 Å². The lowest BCUT2D eigenvalue weighted by Gasteiger charge is -2.56. The highest BCUT2D eigenvalue weighted by Gasteiger charge is 2.51. The fourth-order valence-electron chi connectivity index (χ4n) is 9.50. The number of ether oxygens (including phenoxy) is 4. The van der Waals surface area contributed by atoms with Gasteiger partial charge in [-0.25, -0.2) is 4.68 Å². The van der Waals surface area contributed by atoms with Crippen molar-refractivity contribution in [3.8, 4) is 11.8 Å². The molecule has 2 N–H and O–H groups in total. The number of rotatable bonds is 22. The van der Waals surface area contributed by atoms with Crippen LogP contribution in [-0.2, 0) is 43.2 Å². The molecule has 0 unspecified atom stereocenters. The van der Waals surface area contributed by atoms with E-state index in [2.05, 4.69) is 32.0 Å². The first-order valence-corrected chi connectivity index (χ1v) is 21.0. The molecule has 15 heteroatoms. The Hall–Kier alpha value is -4.32. The van der Waals surface area contributed by atoms with Crippen molar-refractivity contribution in [3.05, 3.63) is 69.6 Å². The third-order valence-corrected chi connectivity index (χ3v) is 12.3. The number of carbonyl (C=O) groups excluding carboxylic acids is 2. The minimum Gasteiger partial charge on any atom is -0.495 e. The lowest BCUT2D eigenvalue weighted by Crippen LogP contribution is -2.48. The lowest BCUT2D eigenvalue weighted by atomic mass is 9.49. The summed E-state index contributed by atoms with van der Waals surface area (Å²) in [4.78, 5) is 30.1. The van der Waals surface area contributed by atoms with Crippen LogP contribution < -0.4 is 15.4 Å². The van der Waals surface area contributed by atoms with Crippen molar-refractivity contribution < 1.29 is 28.5 Å². The maximum absolute atomic E-state index is 13.0. The van der Waals surface area contributed by atoms with Gasteiger partial charge in [-0.1, -0.05) is 34.5 Å². The van der Waals surface area contributed by atoms with Gasteiger partial charge in [0.25, 0.3) is 0 Å². The van der Waals surface area contributed by atoms with Crippen LogP contribution in [0.2, 0.25) is 10.0 Å². The standard InChI is InChI=1S/C43H51Cl2N7O6/c1-55-40-20-39(36(44)19-37(40)45)49-42-32(25-46)26-48-38-5-2-28(18-35(38)42)17-34(53)4-3-33-27-52(51-50-33)7-9-57-11-13-58-12-10-56-8-6-47-41(54)24-43-21-29-14-30(22-43)16-31(15-29)23-43/h2,5,18-20,26-27,29-31H,3-4,6-17,21-24H2,1H3,(H,47,54)(H,48,49). The van der Waals surface area contributed by atoms with E-state index in [1.54, 1.807) is 16.8 Å². The van der Waals surface area contributed by atoms with E-state index in [-0.39, 0.29) is 23.5 Å². The molecule has 2 aromatic carbocycles. The second-order valence-electron chi connectivity index (χ2n) is 16.1. The van der Waals surface area contributed by atoms with Gasteiger partial charge in [0, 0.05) is 56.1 Å². The van der Waals surface area contributed by atoms with E-state index >= 15 is 0 Å². The first-order valence-electron chi connectivity index (χ1n) is 20.2. The number of nitrogens with zero attached hydrogens (tertiary/aromatic N) is 5. The smallest absolute Gasteiger partial charge is 0.220 e. The fraction of sp³-hybridized carbons (Fsp3) is 0.535. The molecule has 0 aliphatic heterocycles. The predicted octanol–water partition coefficient (Wildman–Crippen LogP) is 7.27. The number of methoxy groups -OCH3 is 1. The molecule has 13 nitrogen and oxygen atoms in total. The van der Waals surface area contributed by atoms with E-state index in [0.29, 0.717) is 116 Å². The van der Waals surface area contributed by atoms with E-state index < -0.39 is 0 Å². The first kappa shape index (κ1) is 41.8. The molecule has 4 aliphatic rings. The van der Waals surface area contributed by atoms with E-state index in [9.17, 15) is 14.9 Å². The second-order valence-corrected chi connectivity index (χ2v) is 16.9. The first-order chi connectivity index (χ1) is 28.2. The lowest BCUT2D eigenvalue weighted by molar-refractivity contribution is -0.129. The van der Waals surface area contributed by atoms with Gasteiger partial charge in [0.2, 0.25) is 5.91 Å². The van der Waals surface area contributed by atoms with Gasteiger partial charge in [-0.2, -0.15) is 5.26 Å². The number of nitrogens with one attached hydrogen (secondary N) is 2. The summed E-state index contributed by atoms with van der Waals surface area (Å²) < 4.78 is 24.0. The van der Waals surface area contributed by atoms with Crippen molar-refractivity contribution in [2.75, 3.05) is 58.6 Å². The molecule has 308 valence electrons. The molecule has 58 heavy (non-hydrogen) atoms. The number of aromatic nitrogens is 4. The Morgan fingerprint density at radius 2 is 1.66 bits per heavy atom. The molecule has 0 spiro atoms. The number of fused-ring (bicyclic) bond motifs is 1. The number of pyridine rings is 1. The molecule has 4 fully saturated rings. The number of nitriles is 1. The summed E-state index contributed by atoms with van der Waals surface area (Å²) in [5.74, 6) is 3.22. The molecule has 4 saturated carbocycles. The molecule has 4 aliphatic carbocycles. The molecule has 2 heterocycles. The van der Waals surface area contributed by atoms with E-state index in [1.807, 2.05) is 24.4 Å². The number of hydrogen-bond acceptors (Lipinski definition) is 11. The zero-order valence-electron chi connectivity index (χ0n) is 32.9. The highest BCUT2D eigenvalue weighted by atomic mass is 35.5. The molecule has 0 atom stereocenters. The van der Waals surface area contributed by atoms with Gasteiger partial charge in [0.05, 0.1) is 91.5 Å². The molecule has 2 aromatic heterocycles. The van der Waals surface area contributed by atoms with E-state index in [0.717, 1.165) is 29.0 Å². The molecular formula is C43H51Cl2N7O6. The number of Topliss-reactive ketones (excluding diaryl/α,β-unsaturated/α-hetero) is 1. The van der Waals surface area contributed by atoms with Crippen LogP contribution >= 0.6 is 23.2 Å². The topological polar surface area (TPSA) is 163 Å². The molecule has 1 amide bonds. The number of benzene rings is 2.